The molecular formula is C11H9FO5S2. The maximum Gasteiger partial charge on any atom is 0.345 e. The topological polar surface area (TPSA) is 80.7 Å². The average Bonchev–Trinajstić information content (AvgIpc) is 2.80. The van der Waals surface area contributed by atoms with Crippen LogP contribution in [-0.2, 0) is 14.3 Å². The van der Waals surface area contributed by atoms with E-state index in [1.54, 1.807) is 0 Å². The van der Waals surface area contributed by atoms with Crippen LogP contribution in [0.3, 0.4) is 0 Å². The highest BCUT2D eigenvalue weighted by Gasteiger charge is 2.27. The van der Waals surface area contributed by atoms with Gasteiger partial charge in [-0.2, -0.15) is 8.42 Å². The van der Waals surface area contributed by atoms with E-state index in [2.05, 4.69) is 4.18 Å². The average molecular weight is 304 g/mol. The number of fused-ring (bicyclic) bond motifs is 1. The summed E-state index contributed by atoms with van der Waals surface area (Å²) in [5.41, 5.74) is -2.39. The largest absolute Gasteiger partial charge is 0.477 e. The van der Waals surface area contributed by atoms with Crippen molar-refractivity contribution in [2.24, 2.45) is 0 Å². The van der Waals surface area contributed by atoms with E-state index in [1.807, 2.05) is 0 Å². The first-order valence-electron chi connectivity index (χ1n) is 5.05. The molecule has 102 valence electrons. The Balaban J connectivity index is 2.50. The van der Waals surface area contributed by atoms with Crippen LogP contribution in [0.4, 0.5) is 4.39 Å². The van der Waals surface area contributed by atoms with Crippen LogP contribution in [0.15, 0.2) is 24.3 Å². The molecule has 0 aliphatic heterocycles. The molecule has 1 heterocycles. The van der Waals surface area contributed by atoms with Crippen molar-refractivity contribution in [3.63, 3.8) is 0 Å². The Bertz CT molecular complexity index is 735. The molecule has 0 saturated heterocycles. The summed E-state index contributed by atoms with van der Waals surface area (Å²) in [4.78, 5) is 10.9. The van der Waals surface area contributed by atoms with Crippen LogP contribution < -0.4 is 0 Å². The number of rotatable bonds is 4. The molecule has 1 aromatic heterocycles. The zero-order valence-electron chi connectivity index (χ0n) is 9.66. The summed E-state index contributed by atoms with van der Waals surface area (Å²) in [5, 5.41) is 9.33. The SMILES string of the molecule is COS(=O)(=O)C(F)c1ccc2sc(C(=O)O)cc2c1. The zero-order chi connectivity index (χ0) is 14.2. The third kappa shape index (κ3) is 2.60. The molecule has 0 spiro atoms. The van der Waals surface area contributed by atoms with E-state index in [-0.39, 0.29) is 10.4 Å². The first kappa shape index (κ1) is 13.9. The van der Waals surface area contributed by atoms with Gasteiger partial charge in [0.2, 0.25) is 0 Å². The highest BCUT2D eigenvalue weighted by molar-refractivity contribution is 7.86. The van der Waals surface area contributed by atoms with E-state index in [0.29, 0.717) is 10.1 Å². The summed E-state index contributed by atoms with van der Waals surface area (Å²) in [6.45, 7) is 0. The maximum absolute atomic E-state index is 13.8. The molecule has 0 radical (unpaired) electrons. The molecule has 8 heteroatoms. The minimum Gasteiger partial charge on any atom is -0.477 e. The van der Waals surface area contributed by atoms with E-state index >= 15 is 0 Å². The highest BCUT2D eigenvalue weighted by atomic mass is 32.2. The van der Waals surface area contributed by atoms with E-state index in [0.717, 1.165) is 18.4 Å². The number of aromatic carboxylic acids is 1. The van der Waals surface area contributed by atoms with Crippen molar-refractivity contribution < 1.29 is 26.9 Å². The summed E-state index contributed by atoms with van der Waals surface area (Å²) >= 11 is 1.04. The molecule has 1 aromatic carbocycles. The van der Waals surface area contributed by atoms with Crippen LogP contribution in [0.5, 0.6) is 0 Å². The van der Waals surface area contributed by atoms with Crippen molar-refractivity contribution >= 4 is 37.5 Å². The Labute approximate surface area is 112 Å². The van der Waals surface area contributed by atoms with Gasteiger partial charge in [0.05, 0.1) is 7.11 Å². The van der Waals surface area contributed by atoms with Gasteiger partial charge in [-0.05, 0) is 23.6 Å². The molecule has 19 heavy (non-hydrogen) atoms. The number of benzene rings is 1. The predicted molar refractivity (Wildman–Crippen MR) is 68.6 cm³/mol. The lowest BCUT2D eigenvalue weighted by Gasteiger charge is -2.07. The molecule has 0 saturated carbocycles. The Morgan fingerprint density at radius 3 is 2.68 bits per heavy atom. The van der Waals surface area contributed by atoms with Crippen LogP contribution in [-0.4, -0.2) is 26.6 Å². The monoisotopic (exact) mass is 304 g/mol. The fourth-order valence-corrected chi connectivity index (χ4v) is 3.09. The number of carboxylic acid groups (broad SMARTS) is 1. The summed E-state index contributed by atoms with van der Waals surface area (Å²) in [7, 11) is -3.43. The lowest BCUT2D eigenvalue weighted by molar-refractivity contribution is 0.0702. The molecule has 1 atom stereocenters. The van der Waals surface area contributed by atoms with Crippen molar-refractivity contribution in [3.05, 3.63) is 34.7 Å². The summed E-state index contributed by atoms with van der Waals surface area (Å²) in [6, 6.07) is 5.46. The second-order valence-corrected chi connectivity index (χ2v) is 6.51. The third-order valence-corrected chi connectivity index (χ3v) is 4.85. The van der Waals surface area contributed by atoms with Gasteiger partial charge in [0.15, 0.2) is 0 Å². The molecule has 2 aromatic rings. The number of carbonyl (C=O) groups is 1. The van der Waals surface area contributed by atoms with Crippen molar-refractivity contribution in [2.45, 2.75) is 5.50 Å². The minimum atomic E-state index is -4.31. The van der Waals surface area contributed by atoms with Crippen molar-refractivity contribution in [1.82, 2.24) is 0 Å². The van der Waals surface area contributed by atoms with Gasteiger partial charge in [-0.15, -0.1) is 11.3 Å². The molecule has 0 amide bonds. The second-order valence-electron chi connectivity index (χ2n) is 3.69. The molecule has 0 aliphatic carbocycles. The Hall–Kier alpha value is -1.51. The summed E-state index contributed by atoms with van der Waals surface area (Å²) in [6.07, 6.45) is 0. The van der Waals surface area contributed by atoms with Crippen LogP contribution in [0.25, 0.3) is 10.1 Å². The Kier molecular flexibility index (Phi) is 3.57. The molecule has 5 nitrogen and oxygen atoms in total. The summed E-state index contributed by atoms with van der Waals surface area (Å²) < 4.78 is 41.1. The van der Waals surface area contributed by atoms with Gasteiger partial charge in [0.25, 0.3) is 5.50 Å². The Morgan fingerprint density at radius 2 is 2.11 bits per heavy atom. The van der Waals surface area contributed by atoms with Gasteiger partial charge < -0.3 is 5.11 Å². The van der Waals surface area contributed by atoms with Crippen molar-refractivity contribution in [3.8, 4) is 0 Å². The number of hydrogen-bond acceptors (Lipinski definition) is 5. The molecule has 1 unspecified atom stereocenters. The fraction of sp³-hybridized carbons (Fsp3) is 0.182. The lowest BCUT2D eigenvalue weighted by atomic mass is 10.2. The predicted octanol–water partition coefficient (Wildman–Crippen LogP) is 2.54. The molecular weight excluding hydrogens is 295 g/mol. The van der Waals surface area contributed by atoms with Gasteiger partial charge in [-0.1, -0.05) is 6.07 Å². The number of alkyl halides is 1. The quantitative estimate of drug-likeness (QED) is 0.878. The van der Waals surface area contributed by atoms with Gasteiger partial charge >= 0.3 is 16.1 Å². The molecule has 1 N–H and O–H groups in total. The highest BCUT2D eigenvalue weighted by Crippen LogP contribution is 2.31. The van der Waals surface area contributed by atoms with Gasteiger partial charge in [-0.3, -0.25) is 4.18 Å². The molecule has 2 rings (SSSR count). The van der Waals surface area contributed by atoms with Gasteiger partial charge in [0, 0.05) is 10.3 Å². The van der Waals surface area contributed by atoms with E-state index in [9.17, 15) is 17.6 Å². The van der Waals surface area contributed by atoms with Crippen LogP contribution in [0.2, 0.25) is 0 Å². The van der Waals surface area contributed by atoms with Crippen molar-refractivity contribution in [2.75, 3.05) is 7.11 Å². The fourth-order valence-electron chi connectivity index (χ4n) is 1.56. The molecule has 0 bridgehead atoms. The maximum atomic E-state index is 13.8. The summed E-state index contributed by atoms with van der Waals surface area (Å²) in [5.74, 6) is -1.08. The van der Waals surface area contributed by atoms with Crippen LogP contribution >= 0.6 is 11.3 Å². The molecule has 0 fully saturated rings. The Morgan fingerprint density at radius 1 is 1.42 bits per heavy atom. The number of thiophene rings is 1. The first-order valence-corrected chi connectivity index (χ1v) is 7.34. The second kappa shape index (κ2) is 4.87. The zero-order valence-corrected chi connectivity index (χ0v) is 11.3. The van der Waals surface area contributed by atoms with Crippen molar-refractivity contribution in [1.29, 1.82) is 0 Å². The first-order chi connectivity index (χ1) is 8.85. The number of hydrogen-bond donors (Lipinski definition) is 1. The van der Waals surface area contributed by atoms with E-state index in [1.165, 1.54) is 24.3 Å². The van der Waals surface area contributed by atoms with Crippen LogP contribution in [0.1, 0.15) is 20.7 Å². The third-order valence-electron chi connectivity index (χ3n) is 2.50. The lowest BCUT2D eigenvalue weighted by Crippen LogP contribution is -2.10. The minimum absolute atomic E-state index is 0.0934. The van der Waals surface area contributed by atoms with Crippen LogP contribution in [0, 0.1) is 0 Å². The normalized spacial score (nSPS) is 13.6. The molecule has 0 aliphatic rings. The standard InChI is InChI=1S/C11H9FO5S2/c1-17-19(15,16)10(12)6-2-3-8-7(4-6)5-9(18-8)11(13)14/h2-5,10H,1H3,(H,13,14). The van der Waals surface area contributed by atoms with E-state index in [4.69, 9.17) is 5.11 Å². The van der Waals surface area contributed by atoms with Gasteiger partial charge in [-0.25, -0.2) is 9.18 Å². The van der Waals surface area contributed by atoms with E-state index < -0.39 is 21.6 Å². The van der Waals surface area contributed by atoms with Gasteiger partial charge in [0.1, 0.15) is 4.88 Å². The smallest absolute Gasteiger partial charge is 0.345 e. The number of carboxylic acids is 1. The number of halogens is 1.